The predicted octanol–water partition coefficient (Wildman–Crippen LogP) is 2.54. The quantitative estimate of drug-likeness (QED) is 0.847. The van der Waals surface area contributed by atoms with Gasteiger partial charge in [-0.15, -0.1) is 6.42 Å². The van der Waals surface area contributed by atoms with Crippen molar-refractivity contribution >= 4 is 11.9 Å². The average Bonchev–Trinajstić information content (AvgIpc) is 2.41. The van der Waals surface area contributed by atoms with Gasteiger partial charge in [0.2, 0.25) is 0 Å². The molecule has 0 aliphatic rings. The SMILES string of the molecule is C#CC(=O)N(Cc1ccccc1)C(CC(C)(C)C)C(=O)O. The van der Waals surface area contributed by atoms with Crippen molar-refractivity contribution in [2.75, 3.05) is 0 Å². The Bertz CT molecular complexity index is 537. The first-order valence-electron chi connectivity index (χ1n) is 6.78. The summed E-state index contributed by atoms with van der Waals surface area (Å²) in [5.74, 6) is 0.391. The summed E-state index contributed by atoms with van der Waals surface area (Å²) in [6.07, 6.45) is 5.53. The van der Waals surface area contributed by atoms with Crippen LogP contribution in [0.1, 0.15) is 32.8 Å². The van der Waals surface area contributed by atoms with Crippen LogP contribution >= 0.6 is 0 Å². The molecule has 0 aromatic heterocycles. The number of carbonyl (C=O) groups is 2. The molecule has 1 rings (SSSR count). The molecule has 4 heteroatoms. The smallest absolute Gasteiger partial charge is 0.326 e. The maximum absolute atomic E-state index is 12.0. The highest BCUT2D eigenvalue weighted by atomic mass is 16.4. The zero-order valence-electron chi connectivity index (χ0n) is 12.7. The summed E-state index contributed by atoms with van der Waals surface area (Å²) in [4.78, 5) is 24.8. The Morgan fingerprint density at radius 1 is 1.29 bits per heavy atom. The molecule has 112 valence electrons. The van der Waals surface area contributed by atoms with Gasteiger partial charge in [0.15, 0.2) is 0 Å². The van der Waals surface area contributed by atoms with Gasteiger partial charge in [-0.3, -0.25) is 4.79 Å². The molecule has 0 aliphatic carbocycles. The Balaban J connectivity index is 3.07. The maximum atomic E-state index is 12.0. The Morgan fingerprint density at radius 3 is 2.29 bits per heavy atom. The first-order valence-corrected chi connectivity index (χ1v) is 6.78. The molecule has 4 nitrogen and oxygen atoms in total. The number of rotatable bonds is 5. The predicted molar refractivity (Wildman–Crippen MR) is 81.3 cm³/mol. The number of nitrogens with zero attached hydrogens (tertiary/aromatic N) is 1. The van der Waals surface area contributed by atoms with E-state index < -0.39 is 17.9 Å². The van der Waals surface area contributed by atoms with Crippen LogP contribution < -0.4 is 0 Å². The van der Waals surface area contributed by atoms with E-state index in [1.54, 1.807) is 0 Å². The fraction of sp³-hybridized carbons (Fsp3) is 0.412. The third kappa shape index (κ3) is 5.31. The van der Waals surface area contributed by atoms with Gasteiger partial charge in [-0.1, -0.05) is 51.1 Å². The minimum atomic E-state index is -1.04. The van der Waals surface area contributed by atoms with E-state index in [2.05, 4.69) is 0 Å². The molecule has 0 radical (unpaired) electrons. The third-order valence-electron chi connectivity index (χ3n) is 3.05. The van der Waals surface area contributed by atoms with Crippen LogP contribution in [0, 0.1) is 17.8 Å². The minimum Gasteiger partial charge on any atom is -0.480 e. The lowest BCUT2D eigenvalue weighted by molar-refractivity contribution is -0.150. The molecule has 0 fully saturated rings. The summed E-state index contributed by atoms with van der Waals surface area (Å²) in [6, 6.07) is 8.29. The van der Waals surface area contributed by atoms with Crippen LogP contribution in [-0.4, -0.2) is 27.9 Å². The van der Waals surface area contributed by atoms with Crippen molar-refractivity contribution in [3.05, 3.63) is 35.9 Å². The Kier molecular flexibility index (Phi) is 5.54. The van der Waals surface area contributed by atoms with Gasteiger partial charge in [0.1, 0.15) is 6.04 Å². The molecule has 1 N–H and O–H groups in total. The van der Waals surface area contributed by atoms with Gasteiger partial charge in [-0.2, -0.15) is 0 Å². The van der Waals surface area contributed by atoms with E-state index in [-0.39, 0.29) is 12.0 Å². The normalized spacial score (nSPS) is 12.3. The first kappa shape index (κ1) is 16.8. The minimum absolute atomic E-state index is 0.191. The number of amides is 1. The lowest BCUT2D eigenvalue weighted by Gasteiger charge is -2.32. The van der Waals surface area contributed by atoms with Crippen LogP contribution in [0.15, 0.2) is 30.3 Å². The second-order valence-electron chi connectivity index (χ2n) is 6.18. The molecule has 0 saturated carbocycles. The number of hydrogen-bond acceptors (Lipinski definition) is 2. The summed E-state index contributed by atoms with van der Waals surface area (Å²) in [5.41, 5.74) is 0.619. The average molecular weight is 287 g/mol. The lowest BCUT2D eigenvalue weighted by Crippen LogP contribution is -2.46. The fourth-order valence-corrected chi connectivity index (χ4v) is 2.10. The van der Waals surface area contributed by atoms with Crippen molar-refractivity contribution in [2.24, 2.45) is 5.41 Å². The van der Waals surface area contributed by atoms with E-state index in [0.29, 0.717) is 6.42 Å². The van der Waals surface area contributed by atoms with Gasteiger partial charge in [0.05, 0.1) is 0 Å². The summed E-state index contributed by atoms with van der Waals surface area (Å²) in [7, 11) is 0. The topological polar surface area (TPSA) is 57.6 Å². The van der Waals surface area contributed by atoms with Gasteiger partial charge < -0.3 is 10.0 Å². The van der Waals surface area contributed by atoms with Crippen molar-refractivity contribution in [3.63, 3.8) is 0 Å². The number of carbonyl (C=O) groups excluding carboxylic acids is 1. The van der Waals surface area contributed by atoms with Gasteiger partial charge >= 0.3 is 5.97 Å². The van der Waals surface area contributed by atoms with E-state index in [0.717, 1.165) is 5.56 Å². The Morgan fingerprint density at radius 2 is 1.86 bits per heavy atom. The third-order valence-corrected chi connectivity index (χ3v) is 3.05. The monoisotopic (exact) mass is 287 g/mol. The zero-order valence-corrected chi connectivity index (χ0v) is 12.7. The molecule has 21 heavy (non-hydrogen) atoms. The number of aliphatic carboxylic acids is 1. The second-order valence-corrected chi connectivity index (χ2v) is 6.18. The Hall–Kier alpha value is -2.28. The standard InChI is InChI=1S/C17H21NO3/c1-5-15(19)18(12-13-9-7-6-8-10-13)14(16(20)21)11-17(2,3)4/h1,6-10,14H,11-12H2,2-4H3,(H,20,21). The molecule has 1 unspecified atom stereocenters. The second kappa shape index (κ2) is 6.94. The van der Waals surface area contributed by atoms with Crippen molar-refractivity contribution in [2.45, 2.75) is 39.8 Å². The Labute approximate surface area is 125 Å². The van der Waals surface area contributed by atoms with Gasteiger partial charge in [-0.25, -0.2) is 4.79 Å². The molecular formula is C17H21NO3. The summed E-state index contributed by atoms with van der Waals surface area (Å²) < 4.78 is 0. The van der Waals surface area contributed by atoms with E-state index in [1.807, 2.05) is 57.0 Å². The maximum Gasteiger partial charge on any atom is 0.326 e. The van der Waals surface area contributed by atoms with Crippen LogP contribution in [0.3, 0.4) is 0 Å². The molecule has 1 amide bonds. The highest BCUT2D eigenvalue weighted by Gasteiger charge is 2.32. The molecule has 1 aromatic carbocycles. The fourth-order valence-electron chi connectivity index (χ4n) is 2.10. The van der Waals surface area contributed by atoms with Crippen LogP contribution in [0.25, 0.3) is 0 Å². The lowest BCUT2D eigenvalue weighted by atomic mass is 9.87. The van der Waals surface area contributed by atoms with Gasteiger partial charge in [0, 0.05) is 6.54 Å². The van der Waals surface area contributed by atoms with E-state index in [4.69, 9.17) is 6.42 Å². The summed E-state index contributed by atoms with van der Waals surface area (Å²) in [6.45, 7) is 5.99. The molecule has 1 aromatic rings. The number of carboxylic acids is 1. The highest BCUT2D eigenvalue weighted by molar-refractivity contribution is 5.95. The summed E-state index contributed by atoms with van der Waals surface area (Å²) >= 11 is 0. The number of carboxylic acid groups (broad SMARTS) is 1. The summed E-state index contributed by atoms with van der Waals surface area (Å²) in [5, 5.41) is 9.47. The zero-order chi connectivity index (χ0) is 16.0. The molecule has 0 aliphatic heterocycles. The number of benzene rings is 1. The van der Waals surface area contributed by atoms with E-state index in [1.165, 1.54) is 4.90 Å². The molecule has 0 bridgehead atoms. The largest absolute Gasteiger partial charge is 0.480 e. The van der Waals surface area contributed by atoms with E-state index >= 15 is 0 Å². The molecule has 0 saturated heterocycles. The first-order chi connectivity index (χ1) is 9.74. The number of hydrogen-bond donors (Lipinski definition) is 1. The van der Waals surface area contributed by atoms with Crippen LogP contribution in [-0.2, 0) is 16.1 Å². The van der Waals surface area contributed by atoms with Crippen LogP contribution in [0.4, 0.5) is 0 Å². The number of terminal acetylenes is 1. The van der Waals surface area contributed by atoms with Crippen molar-refractivity contribution in [1.29, 1.82) is 0 Å². The van der Waals surface area contributed by atoms with Crippen molar-refractivity contribution in [3.8, 4) is 12.3 Å². The van der Waals surface area contributed by atoms with Gasteiger partial charge in [-0.05, 0) is 23.3 Å². The van der Waals surface area contributed by atoms with E-state index in [9.17, 15) is 14.7 Å². The van der Waals surface area contributed by atoms with Crippen LogP contribution in [0.5, 0.6) is 0 Å². The van der Waals surface area contributed by atoms with Crippen LogP contribution in [0.2, 0.25) is 0 Å². The molecule has 1 atom stereocenters. The highest BCUT2D eigenvalue weighted by Crippen LogP contribution is 2.25. The van der Waals surface area contributed by atoms with Crippen molar-refractivity contribution < 1.29 is 14.7 Å². The molecule has 0 spiro atoms. The van der Waals surface area contributed by atoms with Crippen molar-refractivity contribution in [1.82, 2.24) is 4.90 Å². The molecule has 0 heterocycles. The van der Waals surface area contributed by atoms with Gasteiger partial charge in [0.25, 0.3) is 5.91 Å². The molecular weight excluding hydrogens is 266 g/mol.